The molecule has 3 nitrogen and oxygen atoms in total. The first kappa shape index (κ1) is 39.5. The third kappa shape index (κ3) is 6.14. The van der Waals surface area contributed by atoms with Gasteiger partial charge in [0.2, 0.25) is 0 Å². The number of fused-ring (bicyclic) bond motifs is 6. The second-order valence-corrected chi connectivity index (χ2v) is 20.9. The van der Waals surface area contributed by atoms with Crippen LogP contribution >= 0.6 is 7.14 Å². The number of hydrogen-bond acceptors (Lipinski definition) is 2. The van der Waals surface area contributed by atoms with Crippen LogP contribution in [-0.4, -0.2) is 9.55 Å². The highest BCUT2D eigenvalue weighted by Gasteiger charge is 2.40. The second-order valence-electron chi connectivity index (χ2n) is 18.2. The van der Waals surface area contributed by atoms with Gasteiger partial charge in [-0.05, 0) is 130 Å². The van der Waals surface area contributed by atoms with E-state index < -0.39 is 7.14 Å². The van der Waals surface area contributed by atoms with Gasteiger partial charge in [0.1, 0.15) is 5.82 Å². The minimum absolute atomic E-state index is 0.815. The van der Waals surface area contributed by atoms with E-state index in [0.717, 1.165) is 66.3 Å². The van der Waals surface area contributed by atoms with Gasteiger partial charge in [-0.3, -0.25) is 4.57 Å². The molecule has 1 atom stereocenters. The zero-order valence-electron chi connectivity index (χ0n) is 37.4. The number of rotatable bonds is 6. The van der Waals surface area contributed by atoms with Gasteiger partial charge < -0.3 is 4.57 Å². The minimum Gasteiger partial charge on any atom is -0.308 e. The first-order chi connectivity index (χ1) is 34.1. The molecule has 1 aliphatic rings. The molecule has 0 N–H and O–H groups in total. The topological polar surface area (TPSA) is 34.9 Å². The van der Waals surface area contributed by atoms with Gasteiger partial charge >= 0.3 is 0 Å². The predicted octanol–water partition coefficient (Wildman–Crippen LogP) is 15.9. The number of aromatic nitrogens is 2. The molecule has 14 rings (SSSR count). The Labute approximate surface area is 399 Å². The van der Waals surface area contributed by atoms with Crippen molar-refractivity contribution < 1.29 is 4.57 Å². The number of imidazole rings is 1. The van der Waals surface area contributed by atoms with Crippen molar-refractivity contribution >= 4 is 77.2 Å². The standard InChI is InChI=1S/C65H41N2OP/c68-69(53-20-5-2-6-21-53)60-25-13-24-58-64(60)67(65(66-58)46-16-3-1-4-17-46)59-37-35-50(41-61(59)69)45-28-26-44(27-29-45)49-34-36-56-57(40-49)63(52-33-31-43-15-8-10-19-48(43)39-52)55-23-12-11-22-54(55)62(56)51-32-30-42-14-7-9-18-47(42)38-51/h1-41H. The molecule has 4 heteroatoms. The summed E-state index contributed by atoms with van der Waals surface area (Å²) in [6.45, 7) is 0. The first-order valence-corrected chi connectivity index (χ1v) is 25.2. The Morgan fingerprint density at radius 2 is 0.841 bits per heavy atom. The van der Waals surface area contributed by atoms with Gasteiger partial charge in [0, 0.05) is 21.5 Å². The summed E-state index contributed by atoms with van der Waals surface area (Å²) in [7, 11) is -3.33. The maximum atomic E-state index is 16.1. The Hall–Kier alpha value is -8.62. The first-order valence-electron chi connectivity index (χ1n) is 23.5. The number of benzene rings is 12. The molecule has 0 aliphatic carbocycles. The van der Waals surface area contributed by atoms with E-state index in [4.69, 9.17) is 4.98 Å². The van der Waals surface area contributed by atoms with E-state index in [1.807, 2.05) is 66.7 Å². The zero-order chi connectivity index (χ0) is 45.6. The predicted molar refractivity (Wildman–Crippen MR) is 291 cm³/mol. The smallest absolute Gasteiger partial charge is 0.175 e. The highest BCUT2D eigenvalue weighted by Crippen LogP contribution is 2.51. The summed E-state index contributed by atoms with van der Waals surface area (Å²) in [4.78, 5) is 5.17. The van der Waals surface area contributed by atoms with Crippen molar-refractivity contribution in [3.63, 3.8) is 0 Å². The molecule has 0 fully saturated rings. The van der Waals surface area contributed by atoms with Crippen LogP contribution in [0.2, 0.25) is 0 Å². The molecule has 1 aliphatic heterocycles. The van der Waals surface area contributed by atoms with Crippen molar-refractivity contribution in [1.82, 2.24) is 9.55 Å². The van der Waals surface area contributed by atoms with Crippen molar-refractivity contribution in [2.75, 3.05) is 0 Å². The van der Waals surface area contributed by atoms with Crippen molar-refractivity contribution in [2.24, 2.45) is 0 Å². The van der Waals surface area contributed by atoms with Crippen LogP contribution in [0.5, 0.6) is 0 Å². The zero-order valence-corrected chi connectivity index (χ0v) is 38.3. The average molecular weight is 897 g/mol. The molecule has 0 saturated carbocycles. The lowest BCUT2D eigenvalue weighted by Gasteiger charge is -2.29. The van der Waals surface area contributed by atoms with E-state index in [2.05, 4.69) is 187 Å². The molecule has 12 aromatic carbocycles. The maximum absolute atomic E-state index is 16.1. The van der Waals surface area contributed by atoms with Crippen molar-refractivity contribution in [3.8, 4) is 61.6 Å². The SMILES string of the molecule is O=P1(c2ccccc2)c2cc(-c3ccc(-c4ccc5c(-c6ccc7ccccc7c6)c6ccccc6c(-c6ccc7ccccc7c6)c5c4)cc3)ccc2-n2c(-c3ccccc3)nc3cccc1c32. The molecular formula is C65H41N2OP. The van der Waals surface area contributed by atoms with E-state index in [-0.39, 0.29) is 0 Å². The molecule has 0 bridgehead atoms. The lowest BCUT2D eigenvalue weighted by molar-refractivity contribution is 0.592. The summed E-state index contributed by atoms with van der Waals surface area (Å²) in [6, 6.07) is 88.6. The maximum Gasteiger partial charge on any atom is 0.175 e. The summed E-state index contributed by atoms with van der Waals surface area (Å²) in [5.74, 6) is 0.840. The highest BCUT2D eigenvalue weighted by atomic mass is 31.2. The molecule has 2 heterocycles. The normalized spacial score (nSPS) is 14.2. The molecule has 0 amide bonds. The number of hydrogen-bond donors (Lipinski definition) is 0. The Morgan fingerprint density at radius 3 is 1.49 bits per heavy atom. The van der Waals surface area contributed by atoms with E-state index in [0.29, 0.717) is 0 Å². The summed E-state index contributed by atoms with van der Waals surface area (Å²) in [6.07, 6.45) is 0. The van der Waals surface area contributed by atoms with E-state index in [9.17, 15) is 0 Å². The molecule has 0 spiro atoms. The largest absolute Gasteiger partial charge is 0.308 e. The fraction of sp³-hybridized carbons (Fsp3) is 0. The van der Waals surface area contributed by atoms with Crippen LogP contribution in [-0.2, 0) is 4.57 Å². The summed E-state index contributed by atoms with van der Waals surface area (Å²) >= 11 is 0. The van der Waals surface area contributed by atoms with Gasteiger partial charge in [-0.2, -0.15) is 0 Å². The van der Waals surface area contributed by atoms with Crippen LogP contribution in [0.3, 0.4) is 0 Å². The van der Waals surface area contributed by atoms with Crippen LogP contribution < -0.4 is 15.9 Å². The molecule has 69 heavy (non-hydrogen) atoms. The van der Waals surface area contributed by atoms with Gasteiger partial charge in [-0.15, -0.1) is 0 Å². The molecule has 0 saturated heterocycles. The summed E-state index contributed by atoms with van der Waals surface area (Å²) in [5.41, 5.74) is 12.9. The van der Waals surface area contributed by atoms with Gasteiger partial charge in [-0.25, -0.2) is 4.98 Å². The second kappa shape index (κ2) is 15.5. The van der Waals surface area contributed by atoms with E-state index in [1.165, 1.54) is 65.3 Å². The quantitative estimate of drug-likeness (QED) is 0.123. The fourth-order valence-corrected chi connectivity index (χ4v) is 14.1. The fourth-order valence-electron chi connectivity index (χ4n) is 11.1. The number of nitrogens with zero attached hydrogens (tertiary/aromatic N) is 2. The highest BCUT2D eigenvalue weighted by molar-refractivity contribution is 7.86. The summed E-state index contributed by atoms with van der Waals surface area (Å²) < 4.78 is 18.4. The summed E-state index contributed by atoms with van der Waals surface area (Å²) in [5, 5.41) is 12.3. The number of para-hydroxylation sites is 1. The molecule has 1 aromatic heterocycles. The Bertz CT molecular complexity index is 4270. The van der Waals surface area contributed by atoms with Crippen molar-refractivity contribution in [2.45, 2.75) is 0 Å². The van der Waals surface area contributed by atoms with Crippen molar-refractivity contribution in [3.05, 3.63) is 249 Å². The molecule has 322 valence electrons. The minimum atomic E-state index is -3.33. The van der Waals surface area contributed by atoms with E-state index >= 15 is 4.57 Å². The van der Waals surface area contributed by atoms with Crippen LogP contribution in [0.25, 0.3) is 116 Å². The molecule has 0 radical (unpaired) electrons. The monoisotopic (exact) mass is 896 g/mol. The molecule has 1 unspecified atom stereocenters. The lowest BCUT2D eigenvalue weighted by Crippen LogP contribution is -2.33. The van der Waals surface area contributed by atoms with E-state index in [1.54, 1.807) is 0 Å². The van der Waals surface area contributed by atoms with Crippen LogP contribution in [0, 0.1) is 0 Å². The molecule has 13 aromatic rings. The third-order valence-corrected chi connectivity index (χ3v) is 17.5. The Morgan fingerprint density at radius 1 is 0.333 bits per heavy atom. The van der Waals surface area contributed by atoms with Crippen LogP contribution in [0.15, 0.2) is 249 Å². The Kier molecular flexibility index (Phi) is 8.86. The van der Waals surface area contributed by atoms with Gasteiger partial charge in [0.15, 0.2) is 7.14 Å². The van der Waals surface area contributed by atoms with Crippen LogP contribution in [0.1, 0.15) is 0 Å². The Balaban J connectivity index is 0.934. The van der Waals surface area contributed by atoms with Crippen LogP contribution in [0.4, 0.5) is 0 Å². The lowest BCUT2D eigenvalue weighted by atomic mass is 9.84. The van der Waals surface area contributed by atoms with Gasteiger partial charge in [-0.1, -0.05) is 206 Å². The average Bonchev–Trinajstić information content (AvgIpc) is 3.82. The molecular weight excluding hydrogens is 856 g/mol. The van der Waals surface area contributed by atoms with Gasteiger partial charge in [0.05, 0.1) is 16.7 Å². The van der Waals surface area contributed by atoms with Gasteiger partial charge in [0.25, 0.3) is 0 Å². The van der Waals surface area contributed by atoms with Crippen molar-refractivity contribution in [1.29, 1.82) is 0 Å². The third-order valence-electron chi connectivity index (χ3n) is 14.4.